The fourth-order valence-electron chi connectivity index (χ4n) is 4.78. The first-order valence-corrected chi connectivity index (χ1v) is 12.4. The molecule has 3 N–H and O–H groups in total. The minimum absolute atomic E-state index is 0.195. The van der Waals surface area contributed by atoms with Crippen molar-refractivity contribution in [1.29, 1.82) is 0 Å². The van der Waals surface area contributed by atoms with E-state index in [2.05, 4.69) is 59.7 Å². The van der Waals surface area contributed by atoms with Crippen LogP contribution in [0.15, 0.2) is 110 Å². The number of carbonyl (C=O) groups excluding carboxylic acids is 1. The van der Waals surface area contributed by atoms with E-state index in [-0.39, 0.29) is 5.91 Å². The van der Waals surface area contributed by atoms with Crippen LogP contribution in [0.3, 0.4) is 0 Å². The van der Waals surface area contributed by atoms with E-state index >= 15 is 0 Å². The Morgan fingerprint density at radius 2 is 1.64 bits per heavy atom. The van der Waals surface area contributed by atoms with E-state index < -0.39 is 0 Å². The van der Waals surface area contributed by atoms with Crippen molar-refractivity contribution in [2.75, 3.05) is 5.32 Å². The van der Waals surface area contributed by atoms with Crippen molar-refractivity contribution in [3.8, 4) is 33.8 Å². The zero-order chi connectivity index (χ0) is 26.2. The number of aromatic nitrogens is 6. The van der Waals surface area contributed by atoms with Crippen LogP contribution in [0.5, 0.6) is 0 Å². The van der Waals surface area contributed by atoms with Gasteiger partial charge in [-0.2, -0.15) is 5.10 Å². The van der Waals surface area contributed by atoms with Crippen molar-refractivity contribution in [3.05, 3.63) is 115 Å². The Balaban J connectivity index is 1.25. The van der Waals surface area contributed by atoms with E-state index in [0.717, 1.165) is 55.6 Å². The number of aromatic amines is 2. The monoisotopic (exact) mass is 507 g/mol. The first-order chi connectivity index (χ1) is 19.2. The number of amides is 1. The fourth-order valence-corrected chi connectivity index (χ4v) is 4.78. The van der Waals surface area contributed by atoms with Crippen LogP contribution in [0, 0.1) is 0 Å². The zero-order valence-electron chi connectivity index (χ0n) is 20.6. The number of hydrogen-bond acceptors (Lipinski definition) is 5. The van der Waals surface area contributed by atoms with E-state index in [1.807, 2.05) is 48.7 Å². The molecule has 5 heterocycles. The highest BCUT2D eigenvalue weighted by Gasteiger charge is 2.15. The van der Waals surface area contributed by atoms with Gasteiger partial charge in [0.2, 0.25) is 0 Å². The topological polar surface area (TPSA) is 112 Å². The summed E-state index contributed by atoms with van der Waals surface area (Å²) in [5, 5.41) is 12.6. The van der Waals surface area contributed by atoms with Crippen LogP contribution in [-0.2, 0) is 0 Å². The van der Waals surface area contributed by atoms with Gasteiger partial charge in [0.15, 0.2) is 0 Å². The lowest BCUT2D eigenvalue weighted by atomic mass is 10.0. The van der Waals surface area contributed by atoms with Gasteiger partial charge in [-0.25, -0.2) is 0 Å². The Hall–Kier alpha value is -5.63. The number of H-pyrrole nitrogens is 2. The lowest BCUT2D eigenvalue weighted by molar-refractivity contribution is 0.102. The quantitative estimate of drug-likeness (QED) is 0.247. The molecule has 0 fully saturated rings. The molecule has 0 unspecified atom stereocenters. The van der Waals surface area contributed by atoms with Gasteiger partial charge in [-0.3, -0.25) is 24.8 Å². The number of anilines is 1. The molecule has 2 aromatic carbocycles. The van der Waals surface area contributed by atoms with Crippen LogP contribution < -0.4 is 5.32 Å². The average Bonchev–Trinajstić information content (AvgIpc) is 3.62. The second-order valence-electron chi connectivity index (χ2n) is 9.16. The van der Waals surface area contributed by atoms with E-state index in [4.69, 9.17) is 0 Å². The molecule has 39 heavy (non-hydrogen) atoms. The van der Waals surface area contributed by atoms with Gasteiger partial charge < -0.3 is 10.3 Å². The second kappa shape index (κ2) is 9.35. The van der Waals surface area contributed by atoms with Crippen molar-refractivity contribution < 1.29 is 4.79 Å². The normalized spacial score (nSPS) is 11.2. The molecule has 0 aliphatic rings. The van der Waals surface area contributed by atoms with E-state index in [1.165, 1.54) is 0 Å². The summed E-state index contributed by atoms with van der Waals surface area (Å²) in [6.07, 6.45) is 8.76. The molecule has 7 aromatic rings. The minimum Gasteiger partial charge on any atom is -0.353 e. The number of nitrogens with one attached hydrogen (secondary N) is 3. The maximum Gasteiger partial charge on any atom is 0.255 e. The van der Waals surface area contributed by atoms with Crippen molar-refractivity contribution in [3.63, 3.8) is 0 Å². The third-order valence-corrected chi connectivity index (χ3v) is 6.67. The first kappa shape index (κ1) is 22.6. The molecule has 0 aliphatic carbocycles. The molecule has 0 spiro atoms. The molecular formula is C31H21N7O. The molecule has 186 valence electrons. The van der Waals surface area contributed by atoms with E-state index in [9.17, 15) is 4.79 Å². The molecule has 0 radical (unpaired) electrons. The molecule has 0 bridgehead atoms. The Kier molecular flexibility index (Phi) is 5.41. The largest absolute Gasteiger partial charge is 0.353 e. The third-order valence-electron chi connectivity index (χ3n) is 6.67. The Morgan fingerprint density at radius 1 is 0.744 bits per heavy atom. The molecular weight excluding hydrogens is 486 g/mol. The van der Waals surface area contributed by atoms with Gasteiger partial charge in [0, 0.05) is 51.6 Å². The molecule has 5 aromatic heterocycles. The SMILES string of the molecule is O=C(Nc1cncc(-c2cc3c(-c4cc5c(-c6cccnc6)cccc5[nH]4)n[nH]c3cn2)c1)c1ccccc1. The minimum atomic E-state index is -0.195. The van der Waals surface area contributed by atoms with Crippen LogP contribution in [0.4, 0.5) is 5.69 Å². The first-order valence-electron chi connectivity index (χ1n) is 12.4. The number of hydrogen-bond donors (Lipinski definition) is 3. The van der Waals surface area contributed by atoms with Crippen LogP contribution in [-0.4, -0.2) is 36.0 Å². The number of pyridine rings is 3. The highest BCUT2D eigenvalue weighted by molar-refractivity contribution is 6.04. The van der Waals surface area contributed by atoms with Crippen molar-refractivity contribution in [1.82, 2.24) is 30.1 Å². The molecule has 0 aliphatic heterocycles. The van der Waals surface area contributed by atoms with Gasteiger partial charge in [0.05, 0.1) is 35.0 Å². The summed E-state index contributed by atoms with van der Waals surface area (Å²) >= 11 is 0. The van der Waals surface area contributed by atoms with Crippen LogP contribution in [0.1, 0.15) is 10.4 Å². The maximum absolute atomic E-state index is 12.6. The second-order valence-corrected chi connectivity index (χ2v) is 9.16. The predicted molar refractivity (Wildman–Crippen MR) is 152 cm³/mol. The van der Waals surface area contributed by atoms with Gasteiger partial charge >= 0.3 is 0 Å². The zero-order valence-corrected chi connectivity index (χ0v) is 20.6. The summed E-state index contributed by atoms with van der Waals surface area (Å²) in [4.78, 5) is 29.4. The molecule has 0 atom stereocenters. The predicted octanol–water partition coefficient (Wildman–Crippen LogP) is 6.48. The molecule has 8 nitrogen and oxygen atoms in total. The smallest absolute Gasteiger partial charge is 0.255 e. The van der Waals surface area contributed by atoms with Gasteiger partial charge in [-0.15, -0.1) is 0 Å². The van der Waals surface area contributed by atoms with Gasteiger partial charge in [-0.05, 0) is 48.0 Å². The van der Waals surface area contributed by atoms with Gasteiger partial charge in [-0.1, -0.05) is 36.4 Å². The van der Waals surface area contributed by atoms with Crippen LogP contribution >= 0.6 is 0 Å². The number of benzene rings is 2. The highest BCUT2D eigenvalue weighted by Crippen LogP contribution is 2.34. The Labute approximate surface area is 222 Å². The summed E-state index contributed by atoms with van der Waals surface area (Å²) in [7, 11) is 0. The highest BCUT2D eigenvalue weighted by atomic mass is 16.1. The summed E-state index contributed by atoms with van der Waals surface area (Å²) in [5.41, 5.74) is 8.36. The van der Waals surface area contributed by atoms with E-state index in [0.29, 0.717) is 11.3 Å². The van der Waals surface area contributed by atoms with Crippen LogP contribution in [0.25, 0.3) is 55.6 Å². The number of fused-ring (bicyclic) bond motifs is 2. The van der Waals surface area contributed by atoms with Crippen LogP contribution in [0.2, 0.25) is 0 Å². The number of carbonyl (C=O) groups is 1. The molecule has 0 saturated carbocycles. The van der Waals surface area contributed by atoms with Gasteiger partial charge in [0.1, 0.15) is 5.69 Å². The van der Waals surface area contributed by atoms with Crippen molar-refractivity contribution in [2.45, 2.75) is 0 Å². The fraction of sp³-hybridized carbons (Fsp3) is 0. The Morgan fingerprint density at radius 3 is 2.51 bits per heavy atom. The summed E-state index contributed by atoms with van der Waals surface area (Å²) < 4.78 is 0. The maximum atomic E-state index is 12.6. The molecule has 0 saturated heterocycles. The van der Waals surface area contributed by atoms with Crippen molar-refractivity contribution >= 4 is 33.4 Å². The summed E-state index contributed by atoms with van der Waals surface area (Å²) in [5.74, 6) is -0.195. The molecule has 8 heteroatoms. The summed E-state index contributed by atoms with van der Waals surface area (Å²) in [6.45, 7) is 0. The number of nitrogens with zero attached hydrogens (tertiary/aromatic N) is 4. The Bertz CT molecular complexity index is 1960. The molecule has 7 rings (SSSR count). The van der Waals surface area contributed by atoms with Gasteiger partial charge in [0.25, 0.3) is 5.91 Å². The summed E-state index contributed by atoms with van der Waals surface area (Å²) in [6, 6.07) is 25.2. The lowest BCUT2D eigenvalue weighted by Gasteiger charge is -2.07. The molecule has 1 amide bonds. The van der Waals surface area contributed by atoms with E-state index in [1.54, 1.807) is 36.9 Å². The standard InChI is InChI=1S/C31H21N7O/c39-31(19-6-2-1-3-7-19)35-22-12-21(16-33-17-22)27-14-25-29(18-34-27)37-38-30(25)28-13-24-23(9-4-10-26(24)36-28)20-8-5-11-32-15-20/h1-18,36H,(H,35,39)(H,37,38). The lowest BCUT2D eigenvalue weighted by Crippen LogP contribution is -2.11. The average molecular weight is 508 g/mol. The van der Waals surface area contributed by atoms with Crippen molar-refractivity contribution in [2.24, 2.45) is 0 Å². The third kappa shape index (κ3) is 4.19. The number of rotatable bonds is 5.